The van der Waals surface area contributed by atoms with Gasteiger partial charge in [-0.3, -0.25) is 0 Å². The summed E-state index contributed by atoms with van der Waals surface area (Å²) in [6, 6.07) is 10.4. The highest BCUT2D eigenvalue weighted by molar-refractivity contribution is 5.53. The largest absolute Gasteiger partial charge is 0.493 e. The van der Waals surface area contributed by atoms with E-state index in [1.165, 1.54) is 11.1 Å². The monoisotopic (exact) mass is 432 g/mol. The standard InChI is InChI=1S/C24H34N2O5/c1-6-31-21-13-18(7-8-20(21)27-2)16-25-9-11-26(12-10-25)17-19-14-22(28-3)24(30-5)23(15-19)29-4/h7-8,13-15H,6,9-12,16-17H2,1-5H3/p+2. The van der Waals surface area contributed by atoms with Crippen molar-refractivity contribution < 1.29 is 33.5 Å². The van der Waals surface area contributed by atoms with Crippen molar-refractivity contribution in [2.24, 2.45) is 0 Å². The molecule has 0 atom stereocenters. The molecule has 1 aliphatic rings. The van der Waals surface area contributed by atoms with Crippen molar-refractivity contribution in [2.75, 3.05) is 61.2 Å². The molecule has 3 rings (SSSR count). The van der Waals surface area contributed by atoms with E-state index < -0.39 is 0 Å². The molecule has 170 valence electrons. The molecule has 1 saturated heterocycles. The summed E-state index contributed by atoms with van der Waals surface area (Å²) in [4.78, 5) is 3.17. The van der Waals surface area contributed by atoms with Gasteiger partial charge in [0.25, 0.3) is 0 Å². The second kappa shape index (κ2) is 11.1. The molecule has 2 N–H and O–H groups in total. The number of benzene rings is 2. The number of hydrogen-bond acceptors (Lipinski definition) is 5. The molecule has 0 amide bonds. The van der Waals surface area contributed by atoms with E-state index in [1.807, 2.05) is 13.0 Å². The van der Waals surface area contributed by atoms with E-state index in [1.54, 1.807) is 38.2 Å². The van der Waals surface area contributed by atoms with Gasteiger partial charge in [-0.1, -0.05) is 0 Å². The van der Waals surface area contributed by atoms with Crippen molar-refractivity contribution >= 4 is 0 Å². The highest BCUT2D eigenvalue weighted by Gasteiger charge is 2.24. The molecule has 0 aliphatic carbocycles. The van der Waals surface area contributed by atoms with Crippen molar-refractivity contribution in [3.63, 3.8) is 0 Å². The van der Waals surface area contributed by atoms with Crippen LogP contribution in [0.1, 0.15) is 18.1 Å². The quantitative estimate of drug-likeness (QED) is 0.576. The van der Waals surface area contributed by atoms with Gasteiger partial charge < -0.3 is 33.5 Å². The fourth-order valence-electron chi connectivity index (χ4n) is 4.22. The maximum Gasteiger partial charge on any atom is 0.203 e. The number of rotatable bonds is 10. The van der Waals surface area contributed by atoms with Gasteiger partial charge in [0, 0.05) is 11.1 Å². The first-order chi connectivity index (χ1) is 15.1. The SMILES string of the molecule is CCOc1cc(C[NH+]2CC[NH+](Cc3cc(OC)c(OC)c(OC)c3)CC2)ccc1OC. The van der Waals surface area contributed by atoms with Crippen LogP contribution in [0, 0.1) is 0 Å². The van der Waals surface area contributed by atoms with Crippen LogP contribution < -0.4 is 33.5 Å². The number of hydrogen-bond donors (Lipinski definition) is 2. The summed E-state index contributed by atoms with van der Waals surface area (Å²) >= 11 is 0. The first-order valence-electron chi connectivity index (χ1n) is 10.9. The van der Waals surface area contributed by atoms with Gasteiger partial charge >= 0.3 is 0 Å². The van der Waals surface area contributed by atoms with E-state index in [9.17, 15) is 0 Å². The molecular formula is C24H36N2O5+2. The van der Waals surface area contributed by atoms with Crippen molar-refractivity contribution in [1.29, 1.82) is 0 Å². The summed E-state index contributed by atoms with van der Waals surface area (Å²) in [5.74, 6) is 3.69. The van der Waals surface area contributed by atoms with Crippen LogP contribution in [0.25, 0.3) is 0 Å². The molecule has 1 heterocycles. The van der Waals surface area contributed by atoms with Crippen LogP contribution in [0.5, 0.6) is 28.7 Å². The molecule has 2 aromatic rings. The molecule has 0 unspecified atom stereocenters. The Balaban J connectivity index is 1.58. The van der Waals surface area contributed by atoms with Crippen LogP contribution in [0.15, 0.2) is 30.3 Å². The molecule has 0 aromatic heterocycles. The smallest absolute Gasteiger partial charge is 0.203 e. The summed E-state index contributed by atoms with van der Waals surface area (Å²) in [5.41, 5.74) is 2.48. The first-order valence-corrected chi connectivity index (χ1v) is 10.9. The molecule has 7 nitrogen and oxygen atoms in total. The van der Waals surface area contributed by atoms with Gasteiger partial charge in [0.05, 0.1) is 35.0 Å². The Morgan fingerprint density at radius 3 is 1.65 bits per heavy atom. The van der Waals surface area contributed by atoms with E-state index in [-0.39, 0.29) is 0 Å². The average Bonchev–Trinajstić information content (AvgIpc) is 2.80. The van der Waals surface area contributed by atoms with Gasteiger partial charge in [-0.2, -0.15) is 0 Å². The fourth-order valence-corrected chi connectivity index (χ4v) is 4.22. The second-order valence-electron chi connectivity index (χ2n) is 7.81. The summed E-state index contributed by atoms with van der Waals surface area (Å²) in [6.45, 7) is 9.10. The van der Waals surface area contributed by atoms with Crippen molar-refractivity contribution in [2.45, 2.75) is 20.0 Å². The van der Waals surface area contributed by atoms with E-state index in [4.69, 9.17) is 23.7 Å². The lowest BCUT2D eigenvalue weighted by atomic mass is 10.1. The minimum Gasteiger partial charge on any atom is -0.493 e. The van der Waals surface area contributed by atoms with Crippen LogP contribution in [0.3, 0.4) is 0 Å². The molecular weight excluding hydrogens is 396 g/mol. The van der Waals surface area contributed by atoms with Crippen LogP contribution in [0.2, 0.25) is 0 Å². The summed E-state index contributed by atoms with van der Waals surface area (Å²) in [7, 11) is 6.63. The second-order valence-corrected chi connectivity index (χ2v) is 7.81. The molecule has 0 saturated carbocycles. The minimum absolute atomic E-state index is 0.635. The van der Waals surface area contributed by atoms with Crippen molar-refractivity contribution in [1.82, 2.24) is 0 Å². The highest BCUT2D eigenvalue weighted by Crippen LogP contribution is 2.38. The summed E-state index contributed by atoms with van der Waals surface area (Å²) in [6.07, 6.45) is 0. The number of quaternary nitrogens is 2. The third-order valence-electron chi connectivity index (χ3n) is 5.82. The van der Waals surface area contributed by atoms with Gasteiger partial charge in [-0.25, -0.2) is 0 Å². The zero-order valence-electron chi connectivity index (χ0n) is 19.4. The Kier molecular flexibility index (Phi) is 8.26. The lowest BCUT2D eigenvalue weighted by Crippen LogP contribution is -3.27. The summed E-state index contributed by atoms with van der Waals surface area (Å²) in [5, 5.41) is 0. The molecule has 7 heteroatoms. The van der Waals surface area contributed by atoms with E-state index in [2.05, 4.69) is 24.3 Å². The zero-order valence-corrected chi connectivity index (χ0v) is 19.4. The Morgan fingerprint density at radius 1 is 0.645 bits per heavy atom. The molecule has 0 bridgehead atoms. The maximum atomic E-state index is 5.73. The Hall–Kier alpha value is -2.64. The number of ether oxygens (including phenoxy) is 5. The number of nitrogens with one attached hydrogen (secondary N) is 2. The van der Waals surface area contributed by atoms with E-state index in [0.29, 0.717) is 23.9 Å². The van der Waals surface area contributed by atoms with E-state index >= 15 is 0 Å². The highest BCUT2D eigenvalue weighted by atomic mass is 16.5. The Morgan fingerprint density at radius 2 is 1.16 bits per heavy atom. The zero-order chi connectivity index (χ0) is 22.2. The summed E-state index contributed by atoms with van der Waals surface area (Å²) < 4.78 is 27.6. The average molecular weight is 433 g/mol. The van der Waals surface area contributed by atoms with Crippen molar-refractivity contribution in [3.05, 3.63) is 41.5 Å². The minimum atomic E-state index is 0.635. The van der Waals surface area contributed by atoms with Crippen LogP contribution >= 0.6 is 0 Å². The van der Waals surface area contributed by atoms with Gasteiger partial charge in [0.2, 0.25) is 5.75 Å². The van der Waals surface area contributed by atoms with Gasteiger partial charge in [0.1, 0.15) is 39.3 Å². The maximum absolute atomic E-state index is 5.73. The predicted molar refractivity (Wildman–Crippen MR) is 119 cm³/mol. The van der Waals surface area contributed by atoms with Crippen LogP contribution in [-0.2, 0) is 13.1 Å². The third kappa shape index (κ3) is 5.74. The molecule has 1 aliphatic heterocycles. The topological polar surface area (TPSA) is 55.0 Å². The van der Waals surface area contributed by atoms with Gasteiger partial charge in [-0.05, 0) is 37.3 Å². The lowest BCUT2D eigenvalue weighted by molar-refractivity contribution is -1.02. The molecule has 0 radical (unpaired) electrons. The van der Waals surface area contributed by atoms with Gasteiger partial charge in [-0.15, -0.1) is 0 Å². The predicted octanol–water partition coefficient (Wildman–Crippen LogP) is 0.603. The normalized spacial score (nSPS) is 18.4. The van der Waals surface area contributed by atoms with Crippen molar-refractivity contribution in [3.8, 4) is 28.7 Å². The first kappa shape index (κ1) is 23.0. The number of methoxy groups -OCH3 is 4. The third-order valence-corrected chi connectivity index (χ3v) is 5.82. The fraction of sp³-hybridized carbons (Fsp3) is 0.500. The van der Waals surface area contributed by atoms with Crippen LogP contribution in [-0.4, -0.2) is 61.2 Å². The van der Waals surface area contributed by atoms with Gasteiger partial charge in [0.15, 0.2) is 23.0 Å². The Labute approximate surface area is 185 Å². The molecule has 1 fully saturated rings. The Bertz CT molecular complexity index is 825. The van der Waals surface area contributed by atoms with E-state index in [0.717, 1.165) is 50.8 Å². The lowest BCUT2D eigenvalue weighted by Gasteiger charge is -2.30. The molecule has 2 aromatic carbocycles. The molecule has 31 heavy (non-hydrogen) atoms. The van der Waals surface area contributed by atoms with Crippen LogP contribution in [0.4, 0.5) is 0 Å². The number of piperazine rings is 1. The molecule has 0 spiro atoms.